The minimum Gasteiger partial charge on any atom is -0.496 e. The number of ether oxygens (including phenoxy) is 1. The van der Waals surface area contributed by atoms with Gasteiger partial charge in [0.05, 0.1) is 12.1 Å². The Hall–Kier alpha value is -1.48. The number of methoxy groups -OCH3 is 1. The zero-order valence-corrected chi connectivity index (χ0v) is 11.6. The molecule has 0 bridgehead atoms. The molecule has 0 amide bonds. The van der Waals surface area contributed by atoms with Crippen molar-refractivity contribution in [3.8, 4) is 16.9 Å². The normalized spacial score (nSPS) is 13.7. The van der Waals surface area contributed by atoms with Gasteiger partial charge in [-0.2, -0.15) is 0 Å². The first-order valence-electron chi connectivity index (χ1n) is 6.25. The van der Waals surface area contributed by atoms with Crippen LogP contribution in [0.1, 0.15) is 22.4 Å². The van der Waals surface area contributed by atoms with Crippen LogP contribution in [0.25, 0.3) is 11.1 Å². The smallest absolute Gasteiger partial charge is 0.121 e. The van der Waals surface area contributed by atoms with Crippen molar-refractivity contribution in [3.63, 3.8) is 0 Å². The topological polar surface area (TPSA) is 35.2 Å². The molecule has 3 heteroatoms. The molecular weight excluding hydrogens is 242 g/mol. The molecule has 0 saturated heterocycles. The highest BCUT2D eigenvalue weighted by molar-refractivity contribution is 7.16. The van der Waals surface area contributed by atoms with E-state index in [1.807, 2.05) is 6.07 Å². The highest BCUT2D eigenvalue weighted by atomic mass is 32.1. The first kappa shape index (κ1) is 11.6. The van der Waals surface area contributed by atoms with E-state index in [0.29, 0.717) is 0 Å². The lowest BCUT2D eigenvalue weighted by Crippen LogP contribution is -1.91. The number of nitrogens with two attached hydrogens (primary N) is 1. The Bertz CT molecular complexity index is 601. The van der Waals surface area contributed by atoms with Gasteiger partial charge in [0, 0.05) is 10.4 Å². The van der Waals surface area contributed by atoms with Crippen molar-refractivity contribution >= 4 is 16.3 Å². The summed E-state index contributed by atoms with van der Waals surface area (Å²) in [6, 6.07) is 6.32. The minimum absolute atomic E-state index is 0.934. The third kappa shape index (κ3) is 1.70. The maximum Gasteiger partial charge on any atom is 0.121 e. The summed E-state index contributed by atoms with van der Waals surface area (Å²) in [6.07, 6.45) is 3.63. The van der Waals surface area contributed by atoms with E-state index in [1.165, 1.54) is 40.8 Å². The average molecular weight is 259 g/mol. The van der Waals surface area contributed by atoms with E-state index in [9.17, 15) is 0 Å². The lowest BCUT2D eigenvalue weighted by molar-refractivity contribution is 0.412. The number of fused-ring (bicyclic) bond motifs is 1. The molecule has 0 spiro atoms. The Kier molecular flexibility index (Phi) is 2.78. The third-order valence-corrected chi connectivity index (χ3v) is 4.75. The van der Waals surface area contributed by atoms with E-state index in [-0.39, 0.29) is 0 Å². The van der Waals surface area contributed by atoms with Crippen LogP contribution in [-0.2, 0) is 12.8 Å². The molecule has 0 saturated carbocycles. The molecule has 0 fully saturated rings. The first-order valence-corrected chi connectivity index (χ1v) is 7.07. The second-order valence-electron chi connectivity index (χ2n) is 4.78. The predicted octanol–water partition coefficient (Wildman–Crippen LogP) is 3.80. The fourth-order valence-corrected chi connectivity index (χ4v) is 3.96. The van der Waals surface area contributed by atoms with E-state index >= 15 is 0 Å². The van der Waals surface area contributed by atoms with Crippen LogP contribution in [-0.4, -0.2) is 7.11 Å². The molecule has 1 heterocycles. The second kappa shape index (κ2) is 4.32. The largest absolute Gasteiger partial charge is 0.496 e. The highest BCUT2D eigenvalue weighted by Gasteiger charge is 2.21. The third-order valence-electron chi connectivity index (χ3n) is 3.63. The van der Waals surface area contributed by atoms with Crippen LogP contribution in [0.15, 0.2) is 18.2 Å². The summed E-state index contributed by atoms with van der Waals surface area (Å²) in [5.41, 5.74) is 11.3. The summed E-state index contributed by atoms with van der Waals surface area (Å²) >= 11 is 1.76. The molecule has 0 aliphatic heterocycles. The number of nitrogen functional groups attached to an aromatic ring is 1. The molecule has 1 aromatic heterocycles. The lowest BCUT2D eigenvalue weighted by Gasteiger charge is -2.09. The molecule has 2 N–H and O–H groups in total. The summed E-state index contributed by atoms with van der Waals surface area (Å²) < 4.78 is 5.31. The maximum absolute atomic E-state index is 6.19. The van der Waals surface area contributed by atoms with Crippen LogP contribution < -0.4 is 10.5 Å². The van der Waals surface area contributed by atoms with Crippen LogP contribution in [0.2, 0.25) is 0 Å². The van der Waals surface area contributed by atoms with Gasteiger partial charge in [-0.15, -0.1) is 11.3 Å². The number of rotatable bonds is 2. The minimum atomic E-state index is 0.934. The van der Waals surface area contributed by atoms with E-state index in [1.54, 1.807) is 18.4 Å². The van der Waals surface area contributed by atoms with Crippen LogP contribution in [0.5, 0.6) is 5.75 Å². The van der Waals surface area contributed by atoms with Gasteiger partial charge in [-0.3, -0.25) is 0 Å². The molecule has 18 heavy (non-hydrogen) atoms. The number of hydrogen-bond donors (Lipinski definition) is 1. The van der Waals surface area contributed by atoms with Crippen molar-refractivity contribution in [2.75, 3.05) is 12.8 Å². The van der Waals surface area contributed by atoms with Crippen LogP contribution in [0.3, 0.4) is 0 Å². The zero-order chi connectivity index (χ0) is 12.7. The van der Waals surface area contributed by atoms with E-state index in [0.717, 1.165) is 16.3 Å². The summed E-state index contributed by atoms with van der Waals surface area (Å²) in [5.74, 6) is 0.934. The number of anilines is 1. The molecule has 0 radical (unpaired) electrons. The first-order chi connectivity index (χ1) is 8.70. The molecule has 3 rings (SSSR count). The van der Waals surface area contributed by atoms with Gasteiger partial charge in [-0.1, -0.05) is 6.07 Å². The quantitative estimate of drug-likeness (QED) is 0.890. The molecule has 0 atom stereocenters. The zero-order valence-electron chi connectivity index (χ0n) is 10.7. The molecule has 2 nitrogen and oxygen atoms in total. The van der Waals surface area contributed by atoms with Gasteiger partial charge in [-0.05, 0) is 55.0 Å². The number of hydrogen-bond acceptors (Lipinski definition) is 3. The molecule has 1 aromatic carbocycles. The van der Waals surface area contributed by atoms with Crippen molar-refractivity contribution in [2.24, 2.45) is 0 Å². The van der Waals surface area contributed by atoms with Gasteiger partial charge < -0.3 is 10.5 Å². The van der Waals surface area contributed by atoms with Crippen molar-refractivity contribution in [1.29, 1.82) is 0 Å². The highest BCUT2D eigenvalue weighted by Crippen LogP contribution is 2.43. The van der Waals surface area contributed by atoms with Crippen molar-refractivity contribution in [1.82, 2.24) is 0 Å². The van der Waals surface area contributed by atoms with Gasteiger partial charge in [0.15, 0.2) is 0 Å². The van der Waals surface area contributed by atoms with Gasteiger partial charge in [-0.25, -0.2) is 0 Å². The number of benzene rings is 1. The van der Waals surface area contributed by atoms with Gasteiger partial charge in [0.1, 0.15) is 5.75 Å². The van der Waals surface area contributed by atoms with E-state index in [2.05, 4.69) is 19.1 Å². The number of thiophene rings is 1. The Labute approximate surface area is 111 Å². The SMILES string of the molecule is COc1ccc(-c2c(N)sc3c2CCC3)cc1C. The van der Waals surface area contributed by atoms with Crippen molar-refractivity contribution in [3.05, 3.63) is 34.2 Å². The Morgan fingerprint density at radius 3 is 2.83 bits per heavy atom. The van der Waals surface area contributed by atoms with Crippen molar-refractivity contribution < 1.29 is 4.74 Å². The average Bonchev–Trinajstić information content (AvgIpc) is 2.88. The summed E-state index contributed by atoms with van der Waals surface area (Å²) in [5, 5.41) is 0.962. The fourth-order valence-electron chi connectivity index (χ4n) is 2.78. The van der Waals surface area contributed by atoms with Crippen LogP contribution in [0, 0.1) is 6.92 Å². The molecular formula is C15H17NOS. The lowest BCUT2D eigenvalue weighted by atomic mass is 10.00. The Morgan fingerprint density at radius 1 is 1.28 bits per heavy atom. The van der Waals surface area contributed by atoms with Crippen molar-refractivity contribution in [2.45, 2.75) is 26.2 Å². The summed E-state index contributed by atoms with van der Waals surface area (Å²) in [6.45, 7) is 2.07. The van der Waals surface area contributed by atoms with Gasteiger partial charge >= 0.3 is 0 Å². The molecule has 2 aromatic rings. The Balaban J connectivity index is 2.13. The maximum atomic E-state index is 6.19. The summed E-state index contributed by atoms with van der Waals surface area (Å²) in [7, 11) is 1.71. The predicted molar refractivity (Wildman–Crippen MR) is 77.5 cm³/mol. The molecule has 94 valence electrons. The Morgan fingerprint density at radius 2 is 2.11 bits per heavy atom. The number of aryl methyl sites for hydroxylation is 2. The summed E-state index contributed by atoms with van der Waals surface area (Å²) in [4.78, 5) is 1.48. The van der Waals surface area contributed by atoms with Gasteiger partial charge in [0.2, 0.25) is 0 Å². The molecule has 1 aliphatic rings. The van der Waals surface area contributed by atoms with E-state index < -0.39 is 0 Å². The molecule has 1 aliphatic carbocycles. The molecule has 0 unspecified atom stereocenters. The van der Waals surface area contributed by atoms with E-state index in [4.69, 9.17) is 10.5 Å². The van der Waals surface area contributed by atoms with Gasteiger partial charge in [0.25, 0.3) is 0 Å². The fraction of sp³-hybridized carbons (Fsp3) is 0.333. The van der Waals surface area contributed by atoms with Crippen LogP contribution in [0.4, 0.5) is 5.00 Å². The monoisotopic (exact) mass is 259 g/mol. The van der Waals surface area contributed by atoms with Crippen LogP contribution >= 0.6 is 11.3 Å². The second-order valence-corrected chi connectivity index (χ2v) is 5.92. The standard InChI is InChI=1S/C15H17NOS/c1-9-8-10(6-7-12(9)17-2)14-11-4-3-5-13(11)18-15(14)16/h6-8H,3-5,16H2,1-2H3.